The Labute approximate surface area is 175 Å². The fourth-order valence-electron chi connectivity index (χ4n) is 2.97. The topological polar surface area (TPSA) is 42.0 Å². The van der Waals surface area contributed by atoms with Gasteiger partial charge in [-0.15, -0.1) is 0 Å². The number of amides is 1. The predicted octanol–water partition coefficient (Wildman–Crippen LogP) is 5.74. The van der Waals surface area contributed by atoms with Crippen molar-refractivity contribution in [2.75, 3.05) is 6.54 Å². The molecule has 1 N–H and O–H groups in total. The van der Waals surface area contributed by atoms with Crippen LogP contribution in [0.5, 0.6) is 0 Å². The van der Waals surface area contributed by atoms with E-state index in [4.69, 9.17) is 11.6 Å². The monoisotopic (exact) mass is 410 g/mol. The second kappa shape index (κ2) is 10.3. The van der Waals surface area contributed by atoms with Gasteiger partial charge < -0.3 is 5.32 Å². The third-order valence-electron chi connectivity index (χ3n) is 4.47. The lowest BCUT2D eigenvalue weighted by molar-refractivity contribution is -0.121. The van der Waals surface area contributed by atoms with E-state index in [0.717, 1.165) is 16.3 Å². The molecule has 1 heterocycles. The van der Waals surface area contributed by atoms with Gasteiger partial charge in [-0.1, -0.05) is 48.5 Å². The Balaban J connectivity index is 1.57. The van der Waals surface area contributed by atoms with Crippen LogP contribution in [-0.2, 0) is 11.2 Å². The van der Waals surface area contributed by atoms with E-state index in [1.165, 1.54) is 16.0 Å². The summed E-state index contributed by atoms with van der Waals surface area (Å²) in [5.41, 5.74) is 2.36. The van der Waals surface area contributed by atoms with Gasteiger partial charge in [0.25, 0.3) is 0 Å². The first kappa shape index (κ1) is 20.4. The largest absolute Gasteiger partial charge is 0.356 e. The summed E-state index contributed by atoms with van der Waals surface area (Å²) in [6.07, 6.45) is 4.82. The van der Waals surface area contributed by atoms with Gasteiger partial charge in [-0.3, -0.25) is 9.78 Å². The van der Waals surface area contributed by atoms with Crippen LogP contribution in [0.25, 0.3) is 0 Å². The molecule has 0 aliphatic heterocycles. The molecule has 0 aliphatic carbocycles. The number of hydrogen-bond acceptors (Lipinski definition) is 3. The Bertz CT molecular complexity index is 900. The van der Waals surface area contributed by atoms with Crippen LogP contribution in [0.15, 0.2) is 82.8 Å². The quantitative estimate of drug-likeness (QED) is 0.515. The zero-order valence-corrected chi connectivity index (χ0v) is 17.3. The third kappa shape index (κ3) is 6.11. The molecule has 0 aliphatic rings. The van der Waals surface area contributed by atoms with Gasteiger partial charge in [0, 0.05) is 40.2 Å². The smallest absolute Gasteiger partial charge is 0.220 e. The van der Waals surface area contributed by atoms with Crippen molar-refractivity contribution in [1.82, 2.24) is 10.3 Å². The Morgan fingerprint density at radius 2 is 1.79 bits per heavy atom. The molecule has 5 heteroatoms. The molecule has 0 bridgehead atoms. The number of aromatic nitrogens is 1. The van der Waals surface area contributed by atoms with E-state index in [-0.39, 0.29) is 11.8 Å². The molecule has 2 aromatic carbocycles. The van der Waals surface area contributed by atoms with Gasteiger partial charge in [-0.2, -0.15) is 0 Å². The van der Waals surface area contributed by atoms with E-state index >= 15 is 0 Å². The predicted molar refractivity (Wildman–Crippen MR) is 116 cm³/mol. The van der Waals surface area contributed by atoms with Crippen molar-refractivity contribution < 1.29 is 4.79 Å². The molecule has 1 atom stereocenters. The van der Waals surface area contributed by atoms with Crippen LogP contribution >= 0.6 is 23.4 Å². The molecule has 3 rings (SSSR count). The summed E-state index contributed by atoms with van der Waals surface area (Å²) >= 11 is 7.67. The second-order valence-corrected chi connectivity index (χ2v) is 8.21. The highest BCUT2D eigenvalue weighted by molar-refractivity contribution is 7.99. The molecule has 0 saturated carbocycles. The number of nitrogens with zero attached hydrogens (tertiary/aromatic N) is 1. The van der Waals surface area contributed by atoms with Gasteiger partial charge in [0.15, 0.2) is 0 Å². The molecule has 3 nitrogen and oxygen atoms in total. The van der Waals surface area contributed by atoms with Gasteiger partial charge in [-0.05, 0) is 65.9 Å². The summed E-state index contributed by atoms with van der Waals surface area (Å²) in [6, 6.07) is 20.0. The number of carbonyl (C=O) groups excluding carboxylic acids is 1. The lowest BCUT2D eigenvalue weighted by atomic mass is 9.97. The van der Waals surface area contributed by atoms with E-state index in [9.17, 15) is 4.79 Å². The summed E-state index contributed by atoms with van der Waals surface area (Å²) in [7, 11) is 0. The highest BCUT2D eigenvalue weighted by Crippen LogP contribution is 2.35. The first-order valence-electron chi connectivity index (χ1n) is 9.30. The van der Waals surface area contributed by atoms with E-state index in [1.54, 1.807) is 24.2 Å². The summed E-state index contributed by atoms with van der Waals surface area (Å²) in [4.78, 5) is 18.7. The standard InChI is InChI=1S/C23H23ClN2OS/c1-17(16-23(27)26-15-12-18-10-13-25-14-11-18)21-4-2-3-5-22(21)28-20-8-6-19(24)7-9-20/h2-11,13-14,17H,12,15-16H2,1H3,(H,26,27). The minimum Gasteiger partial charge on any atom is -0.356 e. The van der Waals surface area contributed by atoms with E-state index < -0.39 is 0 Å². The van der Waals surface area contributed by atoms with Gasteiger partial charge in [0.05, 0.1) is 0 Å². The minimum absolute atomic E-state index is 0.0767. The van der Waals surface area contributed by atoms with Crippen molar-refractivity contribution in [3.8, 4) is 0 Å². The molecular formula is C23H23ClN2OS. The fourth-order valence-corrected chi connectivity index (χ4v) is 4.15. The number of nitrogens with one attached hydrogen (secondary N) is 1. The molecule has 0 saturated heterocycles. The van der Waals surface area contributed by atoms with E-state index in [0.29, 0.717) is 13.0 Å². The van der Waals surface area contributed by atoms with E-state index in [2.05, 4.69) is 29.4 Å². The van der Waals surface area contributed by atoms with Crippen LogP contribution in [-0.4, -0.2) is 17.4 Å². The minimum atomic E-state index is 0.0767. The molecule has 1 amide bonds. The maximum absolute atomic E-state index is 12.4. The molecule has 144 valence electrons. The van der Waals surface area contributed by atoms with Gasteiger partial charge >= 0.3 is 0 Å². The number of pyridine rings is 1. The SMILES string of the molecule is CC(CC(=O)NCCc1ccncc1)c1ccccc1Sc1ccc(Cl)cc1. The van der Waals surface area contributed by atoms with Crippen molar-refractivity contribution in [2.45, 2.75) is 35.5 Å². The number of rotatable bonds is 8. The first-order valence-corrected chi connectivity index (χ1v) is 10.5. The average Bonchev–Trinajstić information content (AvgIpc) is 2.71. The Morgan fingerprint density at radius 1 is 1.07 bits per heavy atom. The fraction of sp³-hybridized carbons (Fsp3) is 0.217. The van der Waals surface area contributed by atoms with Crippen molar-refractivity contribution in [3.05, 3.63) is 89.2 Å². The van der Waals surface area contributed by atoms with E-state index in [1.807, 2.05) is 48.5 Å². The second-order valence-electron chi connectivity index (χ2n) is 6.65. The highest BCUT2D eigenvalue weighted by atomic mass is 35.5. The lowest BCUT2D eigenvalue weighted by Crippen LogP contribution is -2.26. The average molecular weight is 411 g/mol. The number of hydrogen-bond donors (Lipinski definition) is 1. The van der Waals surface area contributed by atoms with Gasteiger partial charge in [0.1, 0.15) is 0 Å². The first-order chi connectivity index (χ1) is 13.6. The third-order valence-corrected chi connectivity index (χ3v) is 5.82. The number of benzene rings is 2. The Morgan fingerprint density at radius 3 is 2.54 bits per heavy atom. The van der Waals surface area contributed by atoms with Crippen molar-refractivity contribution >= 4 is 29.3 Å². The van der Waals surface area contributed by atoms with Crippen LogP contribution < -0.4 is 5.32 Å². The van der Waals surface area contributed by atoms with Crippen LogP contribution in [0.3, 0.4) is 0 Å². The molecule has 28 heavy (non-hydrogen) atoms. The zero-order valence-electron chi connectivity index (χ0n) is 15.8. The Hall–Kier alpha value is -2.30. The van der Waals surface area contributed by atoms with Crippen molar-refractivity contribution in [2.24, 2.45) is 0 Å². The maximum Gasteiger partial charge on any atom is 0.220 e. The molecule has 0 radical (unpaired) electrons. The molecular weight excluding hydrogens is 388 g/mol. The normalized spacial score (nSPS) is 11.8. The summed E-state index contributed by atoms with van der Waals surface area (Å²) < 4.78 is 0. The number of halogens is 1. The highest BCUT2D eigenvalue weighted by Gasteiger charge is 2.15. The van der Waals surface area contributed by atoms with Crippen molar-refractivity contribution in [1.29, 1.82) is 0 Å². The van der Waals surface area contributed by atoms with Gasteiger partial charge in [-0.25, -0.2) is 0 Å². The molecule has 1 aromatic heterocycles. The van der Waals surface area contributed by atoms with Crippen LogP contribution in [0.2, 0.25) is 5.02 Å². The molecule has 1 unspecified atom stereocenters. The van der Waals surface area contributed by atoms with Crippen LogP contribution in [0.1, 0.15) is 30.4 Å². The summed E-state index contributed by atoms with van der Waals surface area (Å²) in [5, 5.41) is 3.76. The number of carbonyl (C=O) groups is 1. The lowest BCUT2D eigenvalue weighted by Gasteiger charge is -2.16. The molecule has 0 spiro atoms. The zero-order chi connectivity index (χ0) is 19.8. The summed E-state index contributed by atoms with van der Waals surface area (Å²) in [6.45, 7) is 2.74. The molecule has 0 fully saturated rings. The van der Waals surface area contributed by atoms with Crippen LogP contribution in [0.4, 0.5) is 0 Å². The molecule has 3 aromatic rings. The maximum atomic E-state index is 12.4. The van der Waals surface area contributed by atoms with Crippen molar-refractivity contribution in [3.63, 3.8) is 0 Å². The van der Waals surface area contributed by atoms with Gasteiger partial charge in [0.2, 0.25) is 5.91 Å². The van der Waals surface area contributed by atoms with Crippen LogP contribution in [0, 0.1) is 0 Å². The summed E-state index contributed by atoms with van der Waals surface area (Å²) in [5.74, 6) is 0.213. The Kier molecular flexibility index (Phi) is 7.52.